The standard InChI is InChI=1S/C21H40/c1-4-17(2)7-5-6-8-19-11-15-21(16-12-19)20-13-9-18(3)10-14-20/h17-21H,4-16H2,1-3H3. The smallest absolute Gasteiger partial charge is 0.0386 e. The number of unbranched alkanes of at least 4 members (excludes halogenated alkanes) is 1. The van der Waals surface area contributed by atoms with Crippen LogP contribution in [0.25, 0.3) is 0 Å². The van der Waals surface area contributed by atoms with Gasteiger partial charge in [0.15, 0.2) is 0 Å². The van der Waals surface area contributed by atoms with Crippen molar-refractivity contribution >= 4 is 0 Å². The maximum absolute atomic E-state index is 2.45. The molecule has 0 radical (unpaired) electrons. The Hall–Kier alpha value is 0. The maximum Gasteiger partial charge on any atom is -0.0386 e. The van der Waals surface area contributed by atoms with Crippen molar-refractivity contribution in [2.45, 2.75) is 104 Å². The predicted molar refractivity (Wildman–Crippen MR) is 94.5 cm³/mol. The quantitative estimate of drug-likeness (QED) is 0.434. The van der Waals surface area contributed by atoms with Gasteiger partial charge < -0.3 is 0 Å². The molecule has 0 N–H and O–H groups in total. The van der Waals surface area contributed by atoms with Crippen LogP contribution >= 0.6 is 0 Å². The van der Waals surface area contributed by atoms with Gasteiger partial charge in [0.1, 0.15) is 0 Å². The van der Waals surface area contributed by atoms with E-state index in [1.54, 1.807) is 38.5 Å². The lowest BCUT2D eigenvalue weighted by Gasteiger charge is -2.37. The molecule has 2 rings (SSSR count). The minimum absolute atomic E-state index is 0.953. The molecule has 0 heteroatoms. The molecule has 0 aliphatic heterocycles. The maximum atomic E-state index is 2.45. The molecule has 0 saturated heterocycles. The third-order valence-electron chi connectivity index (χ3n) is 6.87. The third kappa shape index (κ3) is 5.95. The lowest BCUT2D eigenvalue weighted by molar-refractivity contribution is 0.146. The molecule has 2 saturated carbocycles. The Morgan fingerprint density at radius 1 is 0.810 bits per heavy atom. The van der Waals surface area contributed by atoms with Gasteiger partial charge in [0.25, 0.3) is 0 Å². The molecule has 1 atom stereocenters. The van der Waals surface area contributed by atoms with E-state index in [0.717, 1.165) is 29.6 Å². The summed E-state index contributed by atoms with van der Waals surface area (Å²) in [6.07, 6.45) is 19.7. The third-order valence-corrected chi connectivity index (χ3v) is 6.87. The highest BCUT2D eigenvalue weighted by atomic mass is 14.3. The van der Waals surface area contributed by atoms with Crippen LogP contribution in [0.5, 0.6) is 0 Å². The molecule has 2 aliphatic rings. The van der Waals surface area contributed by atoms with Crippen molar-refractivity contribution in [2.75, 3.05) is 0 Å². The van der Waals surface area contributed by atoms with Gasteiger partial charge >= 0.3 is 0 Å². The van der Waals surface area contributed by atoms with Crippen LogP contribution in [-0.4, -0.2) is 0 Å². The summed E-state index contributed by atoms with van der Waals surface area (Å²) in [6.45, 7) is 7.20. The highest BCUT2D eigenvalue weighted by Gasteiger charge is 2.29. The molecule has 0 spiro atoms. The van der Waals surface area contributed by atoms with E-state index in [-0.39, 0.29) is 0 Å². The number of hydrogen-bond acceptors (Lipinski definition) is 0. The molecule has 0 aromatic rings. The average molecular weight is 293 g/mol. The molecule has 2 aliphatic carbocycles. The minimum Gasteiger partial charge on any atom is -0.0651 e. The normalized spacial score (nSPS) is 35.6. The van der Waals surface area contributed by atoms with Gasteiger partial charge in [0, 0.05) is 0 Å². The fourth-order valence-corrected chi connectivity index (χ4v) is 4.84. The Morgan fingerprint density at radius 3 is 1.95 bits per heavy atom. The van der Waals surface area contributed by atoms with Gasteiger partial charge in [-0.1, -0.05) is 78.6 Å². The summed E-state index contributed by atoms with van der Waals surface area (Å²) in [4.78, 5) is 0. The largest absolute Gasteiger partial charge is 0.0651 e. The molecular formula is C21H40. The molecule has 2 fully saturated rings. The second-order valence-corrected chi connectivity index (χ2v) is 8.60. The fourth-order valence-electron chi connectivity index (χ4n) is 4.84. The first-order valence-corrected chi connectivity index (χ1v) is 10.2. The van der Waals surface area contributed by atoms with E-state index < -0.39 is 0 Å². The van der Waals surface area contributed by atoms with Crippen molar-refractivity contribution in [1.29, 1.82) is 0 Å². The van der Waals surface area contributed by atoms with Gasteiger partial charge in [0.05, 0.1) is 0 Å². The zero-order valence-electron chi connectivity index (χ0n) is 15.1. The Morgan fingerprint density at radius 2 is 1.38 bits per heavy atom. The van der Waals surface area contributed by atoms with E-state index >= 15 is 0 Å². The van der Waals surface area contributed by atoms with E-state index in [4.69, 9.17) is 0 Å². The lowest BCUT2D eigenvalue weighted by atomic mass is 9.69. The summed E-state index contributed by atoms with van der Waals surface area (Å²) in [5, 5.41) is 0. The highest BCUT2D eigenvalue weighted by molar-refractivity contribution is 4.81. The Kier molecular flexibility index (Phi) is 7.61. The van der Waals surface area contributed by atoms with Crippen molar-refractivity contribution in [3.63, 3.8) is 0 Å². The first-order valence-electron chi connectivity index (χ1n) is 10.2. The zero-order valence-corrected chi connectivity index (χ0v) is 15.1. The van der Waals surface area contributed by atoms with Crippen molar-refractivity contribution in [3.05, 3.63) is 0 Å². The molecule has 124 valence electrons. The molecule has 0 nitrogen and oxygen atoms in total. The number of hydrogen-bond donors (Lipinski definition) is 0. The van der Waals surface area contributed by atoms with E-state index in [1.165, 1.54) is 44.9 Å². The van der Waals surface area contributed by atoms with Gasteiger partial charge in [0.2, 0.25) is 0 Å². The van der Waals surface area contributed by atoms with E-state index in [2.05, 4.69) is 20.8 Å². The predicted octanol–water partition coefficient (Wildman–Crippen LogP) is 7.23. The second kappa shape index (κ2) is 9.21. The van der Waals surface area contributed by atoms with Crippen LogP contribution in [0.3, 0.4) is 0 Å². The van der Waals surface area contributed by atoms with Gasteiger partial charge in [-0.15, -0.1) is 0 Å². The van der Waals surface area contributed by atoms with Crippen LogP contribution in [0.15, 0.2) is 0 Å². The van der Waals surface area contributed by atoms with Crippen molar-refractivity contribution in [1.82, 2.24) is 0 Å². The molecule has 1 unspecified atom stereocenters. The highest BCUT2D eigenvalue weighted by Crippen LogP contribution is 2.42. The molecule has 0 amide bonds. The summed E-state index contributed by atoms with van der Waals surface area (Å²) in [7, 11) is 0. The summed E-state index contributed by atoms with van der Waals surface area (Å²) in [5.74, 6) is 5.26. The van der Waals surface area contributed by atoms with Crippen LogP contribution in [-0.2, 0) is 0 Å². The first kappa shape index (κ1) is 17.4. The van der Waals surface area contributed by atoms with Gasteiger partial charge in [-0.25, -0.2) is 0 Å². The molecule has 0 heterocycles. The Balaban J connectivity index is 1.56. The Labute approximate surface area is 134 Å². The van der Waals surface area contributed by atoms with Crippen molar-refractivity contribution in [2.24, 2.45) is 29.6 Å². The minimum atomic E-state index is 0.953. The van der Waals surface area contributed by atoms with Crippen LogP contribution in [0.2, 0.25) is 0 Å². The van der Waals surface area contributed by atoms with Crippen LogP contribution in [0.4, 0.5) is 0 Å². The van der Waals surface area contributed by atoms with Crippen molar-refractivity contribution in [3.8, 4) is 0 Å². The fraction of sp³-hybridized carbons (Fsp3) is 1.00. The van der Waals surface area contributed by atoms with Crippen LogP contribution < -0.4 is 0 Å². The topological polar surface area (TPSA) is 0 Å². The van der Waals surface area contributed by atoms with Gasteiger partial charge in [-0.2, -0.15) is 0 Å². The molecule has 0 bridgehead atoms. The van der Waals surface area contributed by atoms with Crippen molar-refractivity contribution < 1.29 is 0 Å². The second-order valence-electron chi connectivity index (χ2n) is 8.60. The van der Waals surface area contributed by atoms with Crippen LogP contribution in [0.1, 0.15) is 104 Å². The molecule has 0 aromatic heterocycles. The van der Waals surface area contributed by atoms with E-state index in [0.29, 0.717) is 0 Å². The monoisotopic (exact) mass is 292 g/mol. The van der Waals surface area contributed by atoms with Gasteiger partial charge in [-0.3, -0.25) is 0 Å². The summed E-state index contributed by atoms with van der Waals surface area (Å²) < 4.78 is 0. The lowest BCUT2D eigenvalue weighted by Crippen LogP contribution is -2.25. The SMILES string of the molecule is CCC(C)CCCCC1CCC(C2CCC(C)CC2)CC1. The van der Waals surface area contributed by atoms with Gasteiger partial charge in [-0.05, 0) is 55.3 Å². The zero-order chi connectivity index (χ0) is 15.1. The average Bonchev–Trinajstić information content (AvgIpc) is 2.52. The summed E-state index contributed by atoms with van der Waals surface area (Å²) in [6, 6.07) is 0. The van der Waals surface area contributed by atoms with Crippen LogP contribution in [0, 0.1) is 29.6 Å². The first-order chi connectivity index (χ1) is 10.2. The number of rotatable bonds is 7. The molecule has 0 aromatic carbocycles. The van der Waals surface area contributed by atoms with E-state index in [9.17, 15) is 0 Å². The van der Waals surface area contributed by atoms with E-state index in [1.807, 2.05) is 0 Å². The summed E-state index contributed by atoms with van der Waals surface area (Å²) in [5.41, 5.74) is 0. The molecule has 21 heavy (non-hydrogen) atoms. The Bertz CT molecular complexity index is 253. The summed E-state index contributed by atoms with van der Waals surface area (Å²) >= 11 is 0. The molecular weight excluding hydrogens is 252 g/mol.